The first-order valence-corrected chi connectivity index (χ1v) is 7.79. The summed E-state index contributed by atoms with van der Waals surface area (Å²) < 4.78 is 8.34. The average molecular weight is 271 g/mol. The summed E-state index contributed by atoms with van der Waals surface area (Å²) in [7, 11) is 0. The summed E-state index contributed by atoms with van der Waals surface area (Å²) in [5, 5.41) is 0. The highest BCUT2D eigenvalue weighted by molar-refractivity contribution is 7.99. The molecule has 4 nitrogen and oxygen atoms in total. The molecule has 0 N–H and O–H groups in total. The fraction of sp³-hybridized carbons (Fsp3) is 0.727. The molecule has 1 aliphatic rings. The lowest BCUT2D eigenvalue weighted by Crippen LogP contribution is -2.36. The molecular weight excluding hydrogens is 254 g/mol. The Morgan fingerprint density at radius 2 is 2.12 bits per heavy atom. The first-order chi connectivity index (χ1) is 8.27. The Labute approximate surface area is 110 Å². The summed E-state index contributed by atoms with van der Waals surface area (Å²) in [6.07, 6.45) is 3.58. The van der Waals surface area contributed by atoms with E-state index >= 15 is 0 Å². The maximum Gasteiger partial charge on any atom is 0.232 e. The Balaban J connectivity index is 1.71. The first kappa shape index (κ1) is 12.8. The van der Waals surface area contributed by atoms with Crippen molar-refractivity contribution in [3.8, 4) is 0 Å². The number of carbonyl (C=O) groups is 1. The second-order valence-corrected chi connectivity index (χ2v) is 5.74. The number of aryl methyl sites for hydroxylation is 1. The predicted molar refractivity (Wildman–Crippen MR) is 71.2 cm³/mol. The number of amides is 1. The molecule has 0 bridgehead atoms. The predicted octanol–water partition coefficient (Wildman–Crippen LogP) is 2.09. The van der Waals surface area contributed by atoms with Gasteiger partial charge in [0.05, 0.1) is 28.9 Å². The molecule has 0 radical (unpaired) electrons. The van der Waals surface area contributed by atoms with Gasteiger partial charge in [-0.15, -0.1) is 11.8 Å². The van der Waals surface area contributed by atoms with Gasteiger partial charge < -0.3 is 4.90 Å². The van der Waals surface area contributed by atoms with Gasteiger partial charge >= 0.3 is 0 Å². The molecule has 0 aliphatic carbocycles. The number of hydrogen-bond donors (Lipinski definition) is 0. The Morgan fingerprint density at radius 1 is 1.35 bits per heavy atom. The molecule has 0 atom stereocenters. The normalized spacial score (nSPS) is 16.2. The largest absolute Gasteiger partial charge is 0.342 e. The number of carbonyl (C=O) groups excluding carboxylic acids is 1. The van der Waals surface area contributed by atoms with Crippen molar-refractivity contribution < 1.29 is 4.79 Å². The van der Waals surface area contributed by atoms with Crippen LogP contribution in [0.3, 0.4) is 0 Å². The lowest BCUT2D eigenvalue weighted by Gasteiger charge is -2.26. The van der Waals surface area contributed by atoms with E-state index < -0.39 is 0 Å². The molecule has 1 aromatic rings. The topological polar surface area (TPSA) is 46.1 Å². The standard InChI is InChI=1S/C11H17N3OS2/c1-9-10(13-17-12-9)7-16-8-11(15)14-5-3-2-4-6-14/h2-8H2,1H3. The number of nitrogens with zero attached hydrogens (tertiary/aromatic N) is 3. The molecule has 17 heavy (non-hydrogen) atoms. The lowest BCUT2D eigenvalue weighted by molar-refractivity contribution is -0.129. The molecule has 1 aliphatic heterocycles. The molecule has 1 fully saturated rings. The Bertz CT molecular complexity index is 375. The van der Waals surface area contributed by atoms with E-state index in [4.69, 9.17) is 0 Å². The molecule has 0 spiro atoms. The minimum absolute atomic E-state index is 0.274. The van der Waals surface area contributed by atoms with Crippen LogP contribution in [0.4, 0.5) is 0 Å². The fourth-order valence-electron chi connectivity index (χ4n) is 1.85. The van der Waals surface area contributed by atoms with Crippen molar-refractivity contribution in [1.29, 1.82) is 0 Å². The third-order valence-corrected chi connectivity index (χ3v) is 4.51. The maximum atomic E-state index is 11.9. The molecule has 0 aromatic carbocycles. The number of thioether (sulfide) groups is 1. The van der Waals surface area contributed by atoms with E-state index in [-0.39, 0.29) is 5.91 Å². The molecule has 1 saturated heterocycles. The van der Waals surface area contributed by atoms with Crippen LogP contribution in [0, 0.1) is 6.92 Å². The third kappa shape index (κ3) is 3.67. The van der Waals surface area contributed by atoms with Crippen molar-refractivity contribution in [2.45, 2.75) is 31.9 Å². The smallest absolute Gasteiger partial charge is 0.232 e. The van der Waals surface area contributed by atoms with Gasteiger partial charge in [0.1, 0.15) is 0 Å². The van der Waals surface area contributed by atoms with Crippen molar-refractivity contribution in [1.82, 2.24) is 13.6 Å². The molecule has 6 heteroatoms. The monoisotopic (exact) mass is 271 g/mol. The van der Waals surface area contributed by atoms with E-state index in [9.17, 15) is 4.79 Å². The zero-order valence-corrected chi connectivity index (χ0v) is 11.6. The van der Waals surface area contributed by atoms with Crippen LogP contribution < -0.4 is 0 Å². The van der Waals surface area contributed by atoms with Crippen molar-refractivity contribution in [2.75, 3.05) is 18.8 Å². The molecular formula is C11H17N3OS2. The number of piperidine rings is 1. The van der Waals surface area contributed by atoms with Gasteiger partial charge in [0.2, 0.25) is 5.91 Å². The van der Waals surface area contributed by atoms with Crippen LogP contribution in [0.1, 0.15) is 30.7 Å². The quantitative estimate of drug-likeness (QED) is 0.841. The van der Waals surface area contributed by atoms with Gasteiger partial charge in [-0.25, -0.2) is 0 Å². The SMILES string of the molecule is Cc1nsnc1CSCC(=O)N1CCCCC1. The van der Waals surface area contributed by atoms with Gasteiger partial charge in [-0.1, -0.05) is 0 Å². The number of hydrogen-bond acceptors (Lipinski definition) is 5. The summed E-state index contributed by atoms with van der Waals surface area (Å²) in [6.45, 7) is 3.85. The van der Waals surface area contributed by atoms with Crippen molar-refractivity contribution >= 4 is 29.4 Å². The van der Waals surface area contributed by atoms with Crippen LogP contribution in [-0.2, 0) is 10.5 Å². The third-order valence-electron chi connectivity index (χ3n) is 2.92. The summed E-state index contributed by atoms with van der Waals surface area (Å²) in [4.78, 5) is 13.9. The molecule has 0 saturated carbocycles. The highest BCUT2D eigenvalue weighted by atomic mass is 32.2. The summed E-state index contributed by atoms with van der Waals surface area (Å²) in [6, 6.07) is 0. The van der Waals surface area contributed by atoms with Gasteiger partial charge in [-0.3, -0.25) is 4.79 Å². The average Bonchev–Trinajstić information content (AvgIpc) is 2.76. The van der Waals surface area contributed by atoms with Gasteiger partial charge in [0.25, 0.3) is 0 Å². The Hall–Kier alpha value is -0.620. The van der Waals surface area contributed by atoms with Crippen LogP contribution in [0.15, 0.2) is 0 Å². The Kier molecular flexibility index (Phi) is 4.79. The van der Waals surface area contributed by atoms with Crippen LogP contribution in [-0.4, -0.2) is 38.4 Å². The van der Waals surface area contributed by atoms with E-state index in [0.29, 0.717) is 5.75 Å². The summed E-state index contributed by atoms with van der Waals surface area (Å²) in [5.41, 5.74) is 2.01. The zero-order chi connectivity index (χ0) is 12.1. The highest BCUT2D eigenvalue weighted by Gasteiger charge is 2.16. The zero-order valence-electron chi connectivity index (χ0n) is 10.0. The summed E-state index contributed by atoms with van der Waals surface area (Å²) in [5.74, 6) is 1.63. The molecule has 94 valence electrons. The molecule has 1 amide bonds. The van der Waals surface area contributed by atoms with Crippen LogP contribution in [0.5, 0.6) is 0 Å². The van der Waals surface area contributed by atoms with Crippen LogP contribution in [0.2, 0.25) is 0 Å². The van der Waals surface area contributed by atoms with Crippen LogP contribution >= 0.6 is 23.5 Å². The number of aromatic nitrogens is 2. The number of likely N-dealkylation sites (tertiary alicyclic amines) is 1. The lowest BCUT2D eigenvalue weighted by atomic mass is 10.1. The fourth-order valence-corrected chi connectivity index (χ4v) is 3.42. The number of rotatable bonds is 4. The summed E-state index contributed by atoms with van der Waals surface area (Å²) >= 11 is 2.88. The van der Waals surface area contributed by atoms with E-state index in [2.05, 4.69) is 8.75 Å². The van der Waals surface area contributed by atoms with E-state index in [1.807, 2.05) is 11.8 Å². The van der Waals surface area contributed by atoms with E-state index in [1.165, 1.54) is 18.1 Å². The molecule has 1 aromatic heterocycles. The van der Waals surface area contributed by atoms with Crippen LogP contribution in [0.25, 0.3) is 0 Å². The minimum atomic E-state index is 0.274. The van der Waals surface area contributed by atoms with Gasteiger partial charge in [0, 0.05) is 18.8 Å². The Morgan fingerprint density at radius 3 is 2.76 bits per heavy atom. The molecule has 2 rings (SSSR count). The van der Waals surface area contributed by atoms with Gasteiger partial charge in [0.15, 0.2) is 0 Å². The van der Waals surface area contributed by atoms with Gasteiger partial charge in [-0.2, -0.15) is 8.75 Å². The van der Waals surface area contributed by atoms with E-state index in [0.717, 1.165) is 43.1 Å². The van der Waals surface area contributed by atoms with Crippen molar-refractivity contribution in [3.63, 3.8) is 0 Å². The first-order valence-electron chi connectivity index (χ1n) is 5.91. The molecule has 0 unspecified atom stereocenters. The minimum Gasteiger partial charge on any atom is -0.342 e. The van der Waals surface area contributed by atoms with Gasteiger partial charge in [-0.05, 0) is 26.2 Å². The van der Waals surface area contributed by atoms with E-state index in [1.54, 1.807) is 11.8 Å². The van der Waals surface area contributed by atoms with Crippen molar-refractivity contribution in [2.24, 2.45) is 0 Å². The second-order valence-electron chi connectivity index (χ2n) is 4.23. The molecule has 2 heterocycles. The maximum absolute atomic E-state index is 11.9. The second kappa shape index (κ2) is 6.35. The highest BCUT2D eigenvalue weighted by Crippen LogP contribution is 2.16. The van der Waals surface area contributed by atoms with Crippen molar-refractivity contribution in [3.05, 3.63) is 11.4 Å².